The molecule has 0 aliphatic heterocycles. The highest BCUT2D eigenvalue weighted by Gasteiger charge is 2.20. The molecule has 2 aromatic rings. The summed E-state index contributed by atoms with van der Waals surface area (Å²) < 4.78 is 58.3. The number of hydrogen-bond donors (Lipinski definition) is 0. The molecule has 1 heterocycles. The van der Waals surface area contributed by atoms with Gasteiger partial charge in [-0.2, -0.15) is 8.42 Å². The molecule has 0 radical (unpaired) electrons. The van der Waals surface area contributed by atoms with E-state index in [9.17, 15) is 20.7 Å². The third kappa shape index (κ3) is 2.23. The molecule has 0 saturated heterocycles. The summed E-state index contributed by atoms with van der Waals surface area (Å²) in [6, 6.07) is 3.25. The summed E-state index contributed by atoms with van der Waals surface area (Å²) in [6.07, 6.45) is 1.24. The van der Waals surface area contributed by atoms with Crippen LogP contribution in [-0.2, 0) is 26.3 Å². The van der Waals surface area contributed by atoms with Crippen LogP contribution in [0.25, 0.3) is 10.9 Å². The molecule has 0 aliphatic carbocycles. The van der Waals surface area contributed by atoms with Crippen molar-refractivity contribution in [2.75, 3.05) is 0 Å². The van der Waals surface area contributed by atoms with E-state index in [2.05, 4.69) is 0 Å². The Labute approximate surface area is 107 Å². The first-order valence-corrected chi connectivity index (χ1v) is 8.28. The Bertz CT molecular complexity index is 839. The van der Waals surface area contributed by atoms with E-state index in [0.717, 1.165) is 12.1 Å². The van der Waals surface area contributed by atoms with Gasteiger partial charge in [0.2, 0.25) is 0 Å². The van der Waals surface area contributed by atoms with Crippen molar-refractivity contribution in [2.24, 2.45) is 7.05 Å². The number of aromatic nitrogens is 1. The van der Waals surface area contributed by atoms with Crippen molar-refractivity contribution >= 4 is 40.9 Å². The van der Waals surface area contributed by atoms with E-state index in [1.54, 1.807) is 0 Å². The SMILES string of the molecule is Cn1cc(S(=O)(=O)Cl)c2ccc(S(=O)(=O)F)cc21. The molecule has 5 nitrogen and oxygen atoms in total. The Hall–Kier alpha value is -1.12. The monoisotopic (exact) mass is 311 g/mol. The van der Waals surface area contributed by atoms with Crippen molar-refractivity contribution in [3.05, 3.63) is 24.4 Å². The number of hydrogen-bond acceptors (Lipinski definition) is 4. The van der Waals surface area contributed by atoms with E-state index in [-0.39, 0.29) is 15.8 Å². The maximum absolute atomic E-state index is 12.8. The second-order valence-electron chi connectivity index (χ2n) is 3.66. The quantitative estimate of drug-likeness (QED) is 0.792. The lowest BCUT2D eigenvalue weighted by atomic mass is 10.2. The fourth-order valence-corrected chi connectivity index (χ4v) is 3.24. The first-order valence-electron chi connectivity index (χ1n) is 4.59. The van der Waals surface area contributed by atoms with E-state index < -0.39 is 24.2 Å². The van der Waals surface area contributed by atoms with Crippen LogP contribution in [0.15, 0.2) is 34.2 Å². The smallest absolute Gasteiger partial charge is 0.332 e. The molecule has 98 valence electrons. The number of fused-ring (bicyclic) bond motifs is 1. The molecule has 0 spiro atoms. The molecular weight excluding hydrogens is 305 g/mol. The minimum Gasteiger partial charge on any atom is -0.349 e. The number of nitrogens with zero attached hydrogens (tertiary/aromatic N) is 1. The Morgan fingerprint density at radius 3 is 2.33 bits per heavy atom. The van der Waals surface area contributed by atoms with E-state index >= 15 is 0 Å². The van der Waals surface area contributed by atoms with Gasteiger partial charge in [-0.25, -0.2) is 8.42 Å². The molecule has 9 heteroatoms. The Morgan fingerprint density at radius 2 is 1.83 bits per heavy atom. The lowest BCUT2D eigenvalue weighted by Gasteiger charge is -1.98. The number of rotatable bonds is 2. The van der Waals surface area contributed by atoms with Crippen LogP contribution in [0.4, 0.5) is 3.89 Å². The van der Waals surface area contributed by atoms with E-state index in [1.165, 1.54) is 23.9 Å². The Balaban J connectivity index is 2.87. The summed E-state index contributed by atoms with van der Waals surface area (Å²) in [5.41, 5.74) is 0.257. The highest BCUT2D eigenvalue weighted by Crippen LogP contribution is 2.29. The van der Waals surface area contributed by atoms with Crippen LogP contribution in [0.3, 0.4) is 0 Å². The zero-order valence-corrected chi connectivity index (χ0v) is 11.4. The van der Waals surface area contributed by atoms with Gasteiger partial charge >= 0.3 is 10.2 Å². The van der Waals surface area contributed by atoms with E-state index in [1.807, 2.05) is 0 Å². The topological polar surface area (TPSA) is 73.2 Å². The summed E-state index contributed by atoms with van der Waals surface area (Å²) in [5, 5.41) is 0.236. The molecule has 0 bridgehead atoms. The molecule has 0 unspecified atom stereocenters. The molecule has 18 heavy (non-hydrogen) atoms. The molecular formula is C9H7ClFNO4S2. The summed E-state index contributed by atoms with van der Waals surface area (Å²) in [5.74, 6) is 0. The van der Waals surface area contributed by atoms with Gasteiger partial charge in [0.05, 0.1) is 5.52 Å². The highest BCUT2D eigenvalue weighted by atomic mass is 35.7. The third-order valence-corrected chi connectivity index (χ3v) is 4.64. The fourth-order valence-electron chi connectivity index (χ4n) is 1.67. The summed E-state index contributed by atoms with van der Waals surface area (Å²) in [7, 11) is -2.03. The van der Waals surface area contributed by atoms with Gasteiger partial charge in [0.15, 0.2) is 0 Å². The molecule has 1 aromatic heterocycles. The number of aryl methyl sites for hydroxylation is 1. The van der Waals surface area contributed by atoms with Gasteiger partial charge in [-0.1, -0.05) is 6.07 Å². The Kier molecular flexibility index (Phi) is 2.91. The predicted octanol–water partition coefficient (Wildman–Crippen LogP) is 1.76. The van der Waals surface area contributed by atoms with Crippen LogP contribution in [0.2, 0.25) is 0 Å². The fraction of sp³-hybridized carbons (Fsp3) is 0.111. The van der Waals surface area contributed by atoms with E-state index in [4.69, 9.17) is 10.7 Å². The van der Waals surface area contributed by atoms with Gasteiger partial charge in [0.25, 0.3) is 9.05 Å². The lowest BCUT2D eigenvalue weighted by molar-refractivity contribution is 0.552. The molecule has 0 saturated carbocycles. The van der Waals surface area contributed by atoms with Crippen molar-refractivity contribution < 1.29 is 20.7 Å². The van der Waals surface area contributed by atoms with Gasteiger partial charge in [0, 0.05) is 29.3 Å². The molecule has 0 atom stereocenters. The van der Waals surface area contributed by atoms with Gasteiger partial charge in [-0.15, -0.1) is 3.89 Å². The van der Waals surface area contributed by atoms with E-state index in [0.29, 0.717) is 0 Å². The largest absolute Gasteiger partial charge is 0.349 e. The highest BCUT2D eigenvalue weighted by molar-refractivity contribution is 8.14. The Morgan fingerprint density at radius 1 is 1.22 bits per heavy atom. The second-order valence-corrected chi connectivity index (χ2v) is 7.54. The van der Waals surface area contributed by atoms with Crippen molar-refractivity contribution in [1.29, 1.82) is 0 Å². The maximum Gasteiger partial charge on any atom is 0.332 e. The van der Waals surface area contributed by atoms with Crippen LogP contribution in [0.5, 0.6) is 0 Å². The van der Waals surface area contributed by atoms with Crippen LogP contribution in [0.1, 0.15) is 0 Å². The summed E-state index contributed by atoms with van der Waals surface area (Å²) in [6.45, 7) is 0. The normalized spacial score (nSPS) is 13.1. The number of halogens is 2. The van der Waals surface area contributed by atoms with Crippen LogP contribution < -0.4 is 0 Å². The average molecular weight is 312 g/mol. The molecule has 0 fully saturated rings. The van der Waals surface area contributed by atoms with Crippen molar-refractivity contribution in [1.82, 2.24) is 4.57 Å². The van der Waals surface area contributed by atoms with Crippen molar-refractivity contribution in [2.45, 2.75) is 9.79 Å². The van der Waals surface area contributed by atoms with Crippen molar-refractivity contribution in [3.8, 4) is 0 Å². The summed E-state index contributed by atoms with van der Waals surface area (Å²) >= 11 is 0. The van der Waals surface area contributed by atoms with Crippen LogP contribution >= 0.6 is 10.7 Å². The maximum atomic E-state index is 12.8. The van der Waals surface area contributed by atoms with Crippen LogP contribution in [-0.4, -0.2) is 21.4 Å². The van der Waals surface area contributed by atoms with Gasteiger partial charge in [0.1, 0.15) is 9.79 Å². The van der Waals surface area contributed by atoms with Gasteiger partial charge in [-0.05, 0) is 12.1 Å². The molecule has 0 amide bonds. The second kappa shape index (κ2) is 3.94. The number of benzene rings is 1. The molecule has 0 aliphatic rings. The van der Waals surface area contributed by atoms with Gasteiger partial charge < -0.3 is 4.57 Å². The average Bonchev–Trinajstić information content (AvgIpc) is 2.54. The minimum absolute atomic E-state index is 0.149. The zero-order valence-electron chi connectivity index (χ0n) is 8.96. The zero-order chi connectivity index (χ0) is 13.7. The van der Waals surface area contributed by atoms with Crippen molar-refractivity contribution in [3.63, 3.8) is 0 Å². The first-order chi connectivity index (χ1) is 8.10. The lowest BCUT2D eigenvalue weighted by Crippen LogP contribution is -1.93. The molecule has 0 N–H and O–H groups in total. The van der Waals surface area contributed by atoms with Crippen LogP contribution in [0, 0.1) is 0 Å². The standard InChI is InChI=1S/C9H7ClFNO4S2/c1-12-5-9(17(10,13)14)7-3-2-6(4-8(7)12)18(11,15)16/h2-5H,1H3. The van der Waals surface area contributed by atoms with Gasteiger partial charge in [-0.3, -0.25) is 0 Å². The predicted molar refractivity (Wildman–Crippen MR) is 64.3 cm³/mol. The third-order valence-electron chi connectivity index (χ3n) is 2.47. The minimum atomic E-state index is -4.83. The first kappa shape index (κ1) is 13.3. The summed E-state index contributed by atoms with van der Waals surface area (Å²) in [4.78, 5) is -0.681. The molecule has 2 rings (SSSR count). The molecule has 1 aromatic carbocycles.